The monoisotopic (exact) mass is 332 g/mol. The normalized spacial score (nSPS) is 13.7. The fraction of sp³-hybridized carbons (Fsp3) is 0.462. The molecule has 0 heterocycles. The van der Waals surface area contributed by atoms with Gasteiger partial charge in [-0.1, -0.05) is 28.1 Å². The van der Waals surface area contributed by atoms with Gasteiger partial charge in [0.05, 0.1) is 13.2 Å². The van der Waals surface area contributed by atoms with E-state index in [1.54, 1.807) is 24.3 Å². The largest absolute Gasteiger partial charge is 0.482 e. The molecule has 1 aromatic carbocycles. The standard InChI is InChI=1S/C13H17BrO5/c1-18-12(16)8-19-10-4-2-9(3-5-10)13(17)11(15)6-7-14/h2-5,11,13,15,17H,6-8H2,1H3. The van der Waals surface area contributed by atoms with E-state index in [1.165, 1.54) is 7.11 Å². The Bertz CT molecular complexity index is 393. The molecule has 1 rings (SSSR count). The van der Waals surface area contributed by atoms with E-state index in [1.807, 2.05) is 0 Å². The lowest BCUT2D eigenvalue weighted by atomic mass is 10.0. The van der Waals surface area contributed by atoms with Crippen molar-refractivity contribution in [2.24, 2.45) is 0 Å². The number of methoxy groups -OCH3 is 1. The number of alkyl halides is 1. The van der Waals surface area contributed by atoms with Crippen molar-refractivity contribution in [1.82, 2.24) is 0 Å². The first-order valence-electron chi connectivity index (χ1n) is 5.80. The molecule has 0 saturated carbocycles. The zero-order valence-electron chi connectivity index (χ0n) is 10.6. The number of halogens is 1. The molecule has 6 heteroatoms. The van der Waals surface area contributed by atoms with Crippen LogP contribution in [0, 0.1) is 0 Å². The van der Waals surface area contributed by atoms with Crippen LogP contribution in [0.15, 0.2) is 24.3 Å². The highest BCUT2D eigenvalue weighted by Gasteiger charge is 2.17. The van der Waals surface area contributed by atoms with E-state index in [9.17, 15) is 15.0 Å². The highest BCUT2D eigenvalue weighted by atomic mass is 79.9. The van der Waals surface area contributed by atoms with Crippen molar-refractivity contribution in [2.45, 2.75) is 18.6 Å². The zero-order chi connectivity index (χ0) is 14.3. The summed E-state index contributed by atoms with van der Waals surface area (Å²) in [5.74, 6) is 0.0354. The fourth-order valence-electron chi connectivity index (χ4n) is 1.45. The molecule has 0 radical (unpaired) electrons. The summed E-state index contributed by atoms with van der Waals surface area (Å²) in [6, 6.07) is 6.55. The fourth-order valence-corrected chi connectivity index (χ4v) is 1.92. The van der Waals surface area contributed by atoms with E-state index in [2.05, 4.69) is 20.7 Å². The number of esters is 1. The molecule has 5 nitrogen and oxygen atoms in total. The Balaban J connectivity index is 2.58. The van der Waals surface area contributed by atoms with E-state index in [-0.39, 0.29) is 6.61 Å². The molecule has 0 spiro atoms. The number of ether oxygens (including phenoxy) is 2. The Hall–Kier alpha value is -1.11. The van der Waals surface area contributed by atoms with Gasteiger partial charge in [0.2, 0.25) is 0 Å². The minimum atomic E-state index is -0.938. The number of hydrogen-bond acceptors (Lipinski definition) is 5. The van der Waals surface area contributed by atoms with Gasteiger partial charge in [0.15, 0.2) is 6.61 Å². The maximum atomic E-state index is 10.9. The molecule has 2 unspecified atom stereocenters. The van der Waals surface area contributed by atoms with Gasteiger partial charge in [-0.2, -0.15) is 0 Å². The molecule has 0 fully saturated rings. The maximum absolute atomic E-state index is 10.9. The van der Waals surface area contributed by atoms with Gasteiger partial charge in [0.1, 0.15) is 11.9 Å². The number of carbonyl (C=O) groups excluding carboxylic acids is 1. The summed E-state index contributed by atoms with van der Waals surface area (Å²) < 4.78 is 9.63. The zero-order valence-corrected chi connectivity index (χ0v) is 12.2. The van der Waals surface area contributed by atoms with Crippen molar-refractivity contribution in [2.75, 3.05) is 19.0 Å². The molecular weight excluding hydrogens is 316 g/mol. The second-order valence-electron chi connectivity index (χ2n) is 3.92. The summed E-state index contributed by atoms with van der Waals surface area (Å²) in [4.78, 5) is 10.9. The Morgan fingerprint density at radius 2 is 1.95 bits per heavy atom. The second-order valence-corrected chi connectivity index (χ2v) is 4.72. The Labute approximate surface area is 120 Å². The number of carbonyl (C=O) groups is 1. The van der Waals surface area contributed by atoms with Crippen LogP contribution >= 0.6 is 15.9 Å². The van der Waals surface area contributed by atoms with Crippen molar-refractivity contribution in [1.29, 1.82) is 0 Å². The molecular formula is C13H17BrO5. The van der Waals surface area contributed by atoms with Crippen LogP contribution in [0.5, 0.6) is 5.75 Å². The SMILES string of the molecule is COC(=O)COc1ccc(C(O)C(O)CCBr)cc1. The lowest BCUT2D eigenvalue weighted by Crippen LogP contribution is -2.18. The van der Waals surface area contributed by atoms with Crippen LogP contribution in [0.4, 0.5) is 0 Å². The number of rotatable bonds is 7. The first kappa shape index (κ1) is 15.9. The molecule has 0 aliphatic rings. The van der Waals surface area contributed by atoms with E-state index in [0.717, 1.165) is 0 Å². The molecule has 0 amide bonds. The minimum Gasteiger partial charge on any atom is -0.482 e. The van der Waals surface area contributed by atoms with Crippen molar-refractivity contribution in [3.63, 3.8) is 0 Å². The molecule has 0 aliphatic heterocycles. The van der Waals surface area contributed by atoms with Crippen molar-refractivity contribution >= 4 is 21.9 Å². The smallest absolute Gasteiger partial charge is 0.343 e. The molecule has 0 saturated heterocycles. The predicted molar refractivity (Wildman–Crippen MR) is 73.3 cm³/mol. The van der Waals surface area contributed by atoms with Crippen LogP contribution in [0.25, 0.3) is 0 Å². The molecule has 19 heavy (non-hydrogen) atoms. The lowest BCUT2D eigenvalue weighted by molar-refractivity contribution is -0.142. The van der Waals surface area contributed by atoms with E-state index >= 15 is 0 Å². The predicted octanol–water partition coefficient (Wildman–Crippen LogP) is 1.42. The summed E-state index contributed by atoms with van der Waals surface area (Å²) in [5, 5.41) is 20.2. The Morgan fingerprint density at radius 3 is 2.47 bits per heavy atom. The van der Waals surface area contributed by atoms with Gasteiger partial charge >= 0.3 is 5.97 Å². The summed E-state index contributed by atoms with van der Waals surface area (Å²) in [7, 11) is 1.29. The third-order valence-corrected chi connectivity index (χ3v) is 3.03. The van der Waals surface area contributed by atoms with Gasteiger partial charge in [0.25, 0.3) is 0 Å². The van der Waals surface area contributed by atoms with Crippen molar-refractivity contribution in [3.05, 3.63) is 29.8 Å². The number of hydrogen-bond donors (Lipinski definition) is 2. The van der Waals surface area contributed by atoms with Crippen LogP contribution in [-0.2, 0) is 9.53 Å². The van der Waals surface area contributed by atoms with E-state index < -0.39 is 18.2 Å². The highest BCUT2D eigenvalue weighted by molar-refractivity contribution is 9.09. The first-order chi connectivity index (χ1) is 9.08. The number of benzene rings is 1. The van der Waals surface area contributed by atoms with Crippen LogP contribution in [0.3, 0.4) is 0 Å². The molecule has 0 aromatic heterocycles. The summed E-state index contributed by atoms with van der Waals surface area (Å²) in [5.41, 5.74) is 0.596. The third kappa shape index (κ3) is 5.18. The summed E-state index contributed by atoms with van der Waals surface area (Å²) in [6.07, 6.45) is -1.30. The third-order valence-electron chi connectivity index (χ3n) is 2.58. The molecule has 2 atom stereocenters. The summed E-state index contributed by atoms with van der Waals surface area (Å²) in [6.45, 7) is -0.162. The molecule has 0 aliphatic carbocycles. The molecule has 1 aromatic rings. The second kappa shape index (κ2) is 8.14. The molecule has 0 bridgehead atoms. The van der Waals surface area contributed by atoms with Gasteiger partial charge in [-0.15, -0.1) is 0 Å². The molecule has 106 valence electrons. The van der Waals surface area contributed by atoms with Gasteiger partial charge in [-0.3, -0.25) is 0 Å². The lowest BCUT2D eigenvalue weighted by Gasteiger charge is -2.17. The van der Waals surface area contributed by atoms with E-state index in [4.69, 9.17) is 4.74 Å². The van der Waals surface area contributed by atoms with Gasteiger partial charge < -0.3 is 19.7 Å². The quantitative estimate of drug-likeness (QED) is 0.583. The highest BCUT2D eigenvalue weighted by Crippen LogP contribution is 2.22. The average Bonchev–Trinajstić information content (AvgIpc) is 2.44. The van der Waals surface area contributed by atoms with Crippen LogP contribution in [0.1, 0.15) is 18.1 Å². The summed E-state index contributed by atoms with van der Waals surface area (Å²) >= 11 is 3.21. The van der Waals surface area contributed by atoms with E-state index in [0.29, 0.717) is 23.1 Å². The van der Waals surface area contributed by atoms with Crippen molar-refractivity contribution < 1.29 is 24.5 Å². The first-order valence-corrected chi connectivity index (χ1v) is 6.92. The van der Waals surface area contributed by atoms with Crippen LogP contribution in [-0.4, -0.2) is 41.3 Å². The van der Waals surface area contributed by atoms with Crippen LogP contribution in [0.2, 0.25) is 0 Å². The average molecular weight is 333 g/mol. The van der Waals surface area contributed by atoms with Crippen molar-refractivity contribution in [3.8, 4) is 5.75 Å². The Kier molecular flexibility index (Phi) is 6.83. The molecule has 2 N–H and O–H groups in total. The Morgan fingerprint density at radius 1 is 1.32 bits per heavy atom. The number of aliphatic hydroxyl groups is 2. The van der Waals surface area contributed by atoms with Crippen LogP contribution < -0.4 is 4.74 Å². The van der Waals surface area contributed by atoms with Gasteiger partial charge in [-0.05, 0) is 24.1 Å². The maximum Gasteiger partial charge on any atom is 0.343 e. The number of aliphatic hydroxyl groups excluding tert-OH is 2. The topological polar surface area (TPSA) is 76.0 Å². The van der Waals surface area contributed by atoms with Gasteiger partial charge in [-0.25, -0.2) is 4.79 Å². The van der Waals surface area contributed by atoms with Gasteiger partial charge in [0, 0.05) is 5.33 Å². The minimum absolute atomic E-state index is 0.162.